The Morgan fingerprint density at radius 1 is 1.03 bits per heavy atom. The van der Waals surface area contributed by atoms with E-state index in [9.17, 15) is 9.90 Å². The van der Waals surface area contributed by atoms with Crippen LogP contribution in [-0.2, 0) is 0 Å². The number of para-hydroxylation sites is 1. The number of amides is 2. The molecule has 2 amide bonds. The number of hydrogen-bond donors (Lipinski definition) is 2. The molecule has 8 heteroatoms. The van der Waals surface area contributed by atoms with Crippen LogP contribution in [0.2, 0.25) is 0 Å². The number of anilines is 2. The Morgan fingerprint density at radius 3 is 2.51 bits per heavy atom. The maximum atomic E-state index is 15.0. The molecule has 2 N–H and O–H groups in total. The molecule has 35 heavy (non-hydrogen) atoms. The third kappa shape index (κ3) is 4.39. The van der Waals surface area contributed by atoms with Gasteiger partial charge in [0, 0.05) is 57.1 Å². The van der Waals surface area contributed by atoms with E-state index in [1.165, 1.54) is 16.5 Å². The monoisotopic (exact) mass is 473 g/mol. The van der Waals surface area contributed by atoms with Gasteiger partial charge in [-0.3, -0.25) is 4.90 Å². The minimum Gasteiger partial charge on any atom is -0.507 e. The molecule has 3 aromatic rings. The highest BCUT2D eigenvalue weighted by Gasteiger charge is 2.28. The average molecular weight is 474 g/mol. The number of carbonyl (C=O) groups is 1. The van der Waals surface area contributed by atoms with Gasteiger partial charge in [-0.2, -0.15) is 0 Å². The van der Waals surface area contributed by atoms with Gasteiger partial charge in [-0.05, 0) is 54.1 Å². The van der Waals surface area contributed by atoms with E-state index in [1.54, 1.807) is 36.3 Å². The number of nitrogens with zero attached hydrogens (tertiary/aromatic N) is 4. The van der Waals surface area contributed by atoms with Crippen LogP contribution in [0.4, 0.5) is 20.7 Å². The standard InChI is InChI=1S/C27H28FN5O2/c1-18-16-29-10-11-32(17-18)25-15-20(8-9-30-25)22-5-3-4-21(26(22)34)19-6-7-24(23(28)14-19)33-13-12-31(2)27(33)35/h3-9,14-16,29,34H,10-13,17H2,1-2H3. The van der Waals surface area contributed by atoms with Crippen LogP contribution in [0.5, 0.6) is 5.75 Å². The molecule has 0 atom stereocenters. The van der Waals surface area contributed by atoms with Gasteiger partial charge in [-0.25, -0.2) is 14.2 Å². The highest BCUT2D eigenvalue weighted by molar-refractivity contribution is 5.94. The molecular formula is C27H28FN5O2. The number of rotatable bonds is 4. The first-order chi connectivity index (χ1) is 16.9. The van der Waals surface area contributed by atoms with Crippen LogP contribution >= 0.6 is 0 Å². The number of nitrogens with one attached hydrogen (secondary N) is 1. The first kappa shape index (κ1) is 22.7. The number of phenols is 1. The van der Waals surface area contributed by atoms with Crippen LogP contribution in [0.3, 0.4) is 0 Å². The summed E-state index contributed by atoms with van der Waals surface area (Å²) in [5.74, 6) is 0.405. The van der Waals surface area contributed by atoms with E-state index >= 15 is 4.39 Å². The Labute approximate surface area is 204 Å². The number of benzene rings is 2. The van der Waals surface area contributed by atoms with Crippen molar-refractivity contribution in [3.63, 3.8) is 0 Å². The van der Waals surface area contributed by atoms with E-state index in [0.29, 0.717) is 29.8 Å². The SMILES string of the molecule is CC1=CNCCN(c2cc(-c3cccc(-c4ccc(N5CCN(C)C5=O)c(F)c4)c3O)ccn2)C1. The van der Waals surface area contributed by atoms with Gasteiger partial charge in [0.1, 0.15) is 17.4 Å². The third-order valence-corrected chi connectivity index (χ3v) is 6.50. The van der Waals surface area contributed by atoms with Crippen molar-refractivity contribution in [1.29, 1.82) is 0 Å². The fourth-order valence-electron chi connectivity index (χ4n) is 4.60. The molecule has 1 saturated heterocycles. The molecule has 5 rings (SSSR count). The summed E-state index contributed by atoms with van der Waals surface area (Å²) in [7, 11) is 1.70. The van der Waals surface area contributed by atoms with E-state index in [-0.39, 0.29) is 17.5 Å². The zero-order chi connectivity index (χ0) is 24.5. The van der Waals surface area contributed by atoms with Gasteiger partial charge < -0.3 is 20.2 Å². The molecule has 0 aliphatic carbocycles. The van der Waals surface area contributed by atoms with Gasteiger partial charge in [0.05, 0.1) is 5.69 Å². The zero-order valence-corrected chi connectivity index (χ0v) is 19.8. The van der Waals surface area contributed by atoms with E-state index < -0.39 is 5.82 Å². The van der Waals surface area contributed by atoms with Gasteiger partial charge in [-0.15, -0.1) is 0 Å². The molecule has 1 aromatic heterocycles. The minimum atomic E-state index is -0.500. The lowest BCUT2D eigenvalue weighted by Crippen LogP contribution is -2.29. The van der Waals surface area contributed by atoms with Crippen molar-refractivity contribution < 1.29 is 14.3 Å². The van der Waals surface area contributed by atoms with Crippen molar-refractivity contribution in [2.75, 3.05) is 49.6 Å². The Balaban J connectivity index is 1.46. The Bertz CT molecular complexity index is 1310. The number of urea groups is 1. The first-order valence-electron chi connectivity index (χ1n) is 11.7. The predicted molar refractivity (Wildman–Crippen MR) is 136 cm³/mol. The lowest BCUT2D eigenvalue weighted by Gasteiger charge is -2.22. The molecular weight excluding hydrogens is 445 g/mol. The Kier molecular flexibility index (Phi) is 6.03. The molecule has 180 valence electrons. The molecule has 0 spiro atoms. The summed E-state index contributed by atoms with van der Waals surface area (Å²) in [5.41, 5.74) is 4.00. The highest BCUT2D eigenvalue weighted by Crippen LogP contribution is 2.40. The summed E-state index contributed by atoms with van der Waals surface area (Å²) < 4.78 is 15.0. The maximum Gasteiger partial charge on any atom is 0.324 e. The quantitative estimate of drug-likeness (QED) is 0.586. The molecule has 0 bridgehead atoms. The van der Waals surface area contributed by atoms with Crippen molar-refractivity contribution >= 4 is 17.5 Å². The smallest absolute Gasteiger partial charge is 0.324 e. The summed E-state index contributed by atoms with van der Waals surface area (Å²) >= 11 is 0. The van der Waals surface area contributed by atoms with Gasteiger partial charge in [0.2, 0.25) is 0 Å². The molecule has 0 radical (unpaired) electrons. The van der Waals surface area contributed by atoms with Crippen LogP contribution in [0.25, 0.3) is 22.3 Å². The Morgan fingerprint density at radius 2 is 1.80 bits per heavy atom. The summed E-state index contributed by atoms with van der Waals surface area (Å²) in [4.78, 5) is 22.0. The van der Waals surface area contributed by atoms with Crippen molar-refractivity contribution in [3.8, 4) is 28.0 Å². The number of halogens is 1. The van der Waals surface area contributed by atoms with Crippen LogP contribution < -0.4 is 15.1 Å². The van der Waals surface area contributed by atoms with E-state index in [2.05, 4.69) is 22.1 Å². The van der Waals surface area contributed by atoms with Gasteiger partial charge in [-0.1, -0.05) is 24.3 Å². The van der Waals surface area contributed by atoms with Gasteiger partial charge >= 0.3 is 6.03 Å². The van der Waals surface area contributed by atoms with Gasteiger partial charge in [0.25, 0.3) is 0 Å². The molecule has 0 saturated carbocycles. The number of phenolic OH excluding ortho intramolecular Hbond substituents is 1. The number of pyridine rings is 1. The summed E-state index contributed by atoms with van der Waals surface area (Å²) in [6.45, 7) is 5.49. The third-order valence-electron chi connectivity index (χ3n) is 6.50. The number of likely N-dealkylation sites (N-methyl/N-ethyl adjacent to an activating group) is 1. The molecule has 7 nitrogen and oxygen atoms in total. The van der Waals surface area contributed by atoms with E-state index in [0.717, 1.165) is 31.0 Å². The number of hydrogen-bond acceptors (Lipinski definition) is 5. The molecule has 3 heterocycles. The largest absolute Gasteiger partial charge is 0.507 e. The Hall–Kier alpha value is -4.07. The van der Waals surface area contributed by atoms with Crippen molar-refractivity contribution in [2.24, 2.45) is 0 Å². The zero-order valence-electron chi connectivity index (χ0n) is 19.8. The lowest BCUT2D eigenvalue weighted by atomic mass is 9.97. The molecule has 0 unspecified atom stereocenters. The van der Waals surface area contributed by atoms with Crippen LogP contribution in [0, 0.1) is 5.82 Å². The first-order valence-corrected chi connectivity index (χ1v) is 11.7. The van der Waals surface area contributed by atoms with Crippen molar-refractivity contribution in [2.45, 2.75) is 6.92 Å². The minimum absolute atomic E-state index is 0.0717. The summed E-state index contributed by atoms with van der Waals surface area (Å²) in [6.07, 6.45) is 3.77. The van der Waals surface area contributed by atoms with E-state index in [4.69, 9.17) is 0 Å². The fraction of sp³-hybridized carbons (Fsp3) is 0.259. The number of aromatic nitrogens is 1. The molecule has 2 aliphatic heterocycles. The number of carbonyl (C=O) groups excluding carboxylic acids is 1. The normalized spacial score (nSPS) is 16.3. The summed E-state index contributed by atoms with van der Waals surface area (Å²) in [6, 6.07) is 13.8. The second-order valence-electron chi connectivity index (χ2n) is 8.99. The van der Waals surface area contributed by atoms with Crippen LogP contribution in [-0.4, -0.2) is 60.8 Å². The second kappa shape index (κ2) is 9.29. The average Bonchev–Trinajstić information content (AvgIpc) is 3.04. The summed E-state index contributed by atoms with van der Waals surface area (Å²) in [5, 5.41) is 14.5. The number of aromatic hydroxyl groups is 1. The highest BCUT2D eigenvalue weighted by atomic mass is 19.1. The van der Waals surface area contributed by atoms with Crippen molar-refractivity contribution in [3.05, 3.63) is 72.3 Å². The fourth-order valence-corrected chi connectivity index (χ4v) is 4.60. The molecule has 1 fully saturated rings. The van der Waals surface area contributed by atoms with Crippen molar-refractivity contribution in [1.82, 2.24) is 15.2 Å². The lowest BCUT2D eigenvalue weighted by molar-refractivity contribution is 0.229. The maximum absolute atomic E-state index is 15.0. The predicted octanol–water partition coefficient (Wildman–Crippen LogP) is 4.45. The van der Waals surface area contributed by atoms with Crippen LogP contribution in [0.15, 0.2) is 66.5 Å². The molecule has 2 aromatic carbocycles. The van der Waals surface area contributed by atoms with E-state index in [1.807, 2.05) is 30.5 Å². The topological polar surface area (TPSA) is 71.9 Å². The van der Waals surface area contributed by atoms with Gasteiger partial charge in [0.15, 0.2) is 0 Å². The molecule has 2 aliphatic rings. The van der Waals surface area contributed by atoms with Crippen LogP contribution in [0.1, 0.15) is 6.92 Å². The second-order valence-corrected chi connectivity index (χ2v) is 8.99.